The number of sulfonamides is 1. The van der Waals surface area contributed by atoms with Crippen molar-refractivity contribution in [3.05, 3.63) is 66.2 Å². The molecule has 1 amide bonds. The van der Waals surface area contributed by atoms with Crippen molar-refractivity contribution in [3.63, 3.8) is 0 Å². The van der Waals surface area contributed by atoms with Crippen molar-refractivity contribution < 1.29 is 13.2 Å². The summed E-state index contributed by atoms with van der Waals surface area (Å²) in [7, 11) is -3.61. The van der Waals surface area contributed by atoms with Gasteiger partial charge < -0.3 is 5.32 Å². The van der Waals surface area contributed by atoms with Crippen molar-refractivity contribution in [2.45, 2.75) is 38.8 Å². The standard InChI is InChI=1S/C20H26N2O3S/c1-4-18(16-12-8-6-9-13-16)21-20(23)19(5-2)22(26(3,24)25)17-14-10-7-11-15-17/h6-15,18-19H,4-5H2,1-3H3,(H,21,23)/t18-,19-/m0/s1. The average molecular weight is 375 g/mol. The second-order valence-electron chi connectivity index (χ2n) is 6.20. The summed E-state index contributed by atoms with van der Waals surface area (Å²) in [5.41, 5.74) is 1.49. The van der Waals surface area contributed by atoms with Crippen LogP contribution in [0.2, 0.25) is 0 Å². The first-order chi connectivity index (χ1) is 12.4. The van der Waals surface area contributed by atoms with E-state index in [0.717, 1.165) is 18.2 Å². The fraction of sp³-hybridized carbons (Fsp3) is 0.350. The topological polar surface area (TPSA) is 66.5 Å². The van der Waals surface area contributed by atoms with Gasteiger partial charge in [0.2, 0.25) is 15.9 Å². The summed E-state index contributed by atoms with van der Waals surface area (Å²) in [6, 6.07) is 17.5. The monoisotopic (exact) mass is 374 g/mol. The molecule has 1 N–H and O–H groups in total. The molecular weight excluding hydrogens is 348 g/mol. The van der Waals surface area contributed by atoms with Gasteiger partial charge in [-0.1, -0.05) is 62.4 Å². The van der Waals surface area contributed by atoms with Gasteiger partial charge in [0.05, 0.1) is 18.0 Å². The number of benzene rings is 2. The third-order valence-corrected chi connectivity index (χ3v) is 5.45. The zero-order valence-corrected chi connectivity index (χ0v) is 16.2. The van der Waals surface area contributed by atoms with E-state index >= 15 is 0 Å². The maximum absolute atomic E-state index is 13.0. The largest absolute Gasteiger partial charge is 0.347 e. The Labute approximate surface area is 156 Å². The molecule has 0 spiro atoms. The highest BCUT2D eigenvalue weighted by Gasteiger charge is 2.32. The van der Waals surface area contributed by atoms with Gasteiger partial charge >= 0.3 is 0 Å². The number of hydrogen-bond acceptors (Lipinski definition) is 3. The molecule has 0 bridgehead atoms. The smallest absolute Gasteiger partial charge is 0.244 e. The van der Waals surface area contributed by atoms with E-state index in [1.165, 1.54) is 4.31 Å². The first kappa shape index (κ1) is 20.0. The van der Waals surface area contributed by atoms with Crippen molar-refractivity contribution in [2.75, 3.05) is 10.6 Å². The predicted octanol–water partition coefficient (Wildman–Crippen LogP) is 3.50. The Kier molecular flexibility index (Phi) is 6.80. The maximum Gasteiger partial charge on any atom is 0.244 e. The molecule has 2 aromatic carbocycles. The minimum absolute atomic E-state index is 0.157. The van der Waals surface area contributed by atoms with Crippen LogP contribution in [0.3, 0.4) is 0 Å². The van der Waals surface area contributed by atoms with Crippen molar-refractivity contribution >= 4 is 21.6 Å². The highest BCUT2D eigenvalue weighted by molar-refractivity contribution is 7.92. The average Bonchev–Trinajstić information content (AvgIpc) is 2.64. The number of amides is 1. The molecule has 0 unspecified atom stereocenters. The van der Waals surface area contributed by atoms with E-state index in [1.54, 1.807) is 24.3 Å². The number of nitrogens with one attached hydrogen (secondary N) is 1. The van der Waals surface area contributed by atoms with Crippen LogP contribution < -0.4 is 9.62 Å². The highest BCUT2D eigenvalue weighted by atomic mass is 32.2. The van der Waals surface area contributed by atoms with Crippen LogP contribution in [0.15, 0.2) is 60.7 Å². The van der Waals surface area contributed by atoms with E-state index < -0.39 is 16.1 Å². The summed E-state index contributed by atoms with van der Waals surface area (Å²) < 4.78 is 26.0. The van der Waals surface area contributed by atoms with Gasteiger partial charge in [0.25, 0.3) is 0 Å². The molecule has 0 aliphatic rings. The molecule has 0 fully saturated rings. The Morgan fingerprint density at radius 3 is 1.96 bits per heavy atom. The van der Waals surface area contributed by atoms with Crippen molar-refractivity contribution in [2.24, 2.45) is 0 Å². The Hall–Kier alpha value is -2.34. The molecule has 0 radical (unpaired) electrons. The number of nitrogens with zero attached hydrogens (tertiary/aromatic N) is 1. The Morgan fingerprint density at radius 2 is 1.50 bits per heavy atom. The summed E-state index contributed by atoms with van der Waals surface area (Å²) in [6.45, 7) is 3.80. The van der Waals surface area contributed by atoms with Gasteiger partial charge in [0, 0.05) is 0 Å². The summed E-state index contributed by atoms with van der Waals surface area (Å²) in [6.07, 6.45) is 2.22. The SMILES string of the molecule is CC[C@H](NC(=O)[C@H](CC)N(c1ccccc1)S(C)(=O)=O)c1ccccc1. The van der Waals surface area contributed by atoms with E-state index in [0.29, 0.717) is 12.1 Å². The minimum Gasteiger partial charge on any atom is -0.347 e. The fourth-order valence-electron chi connectivity index (χ4n) is 3.01. The molecule has 0 aliphatic carbocycles. The molecule has 2 atom stereocenters. The van der Waals surface area contributed by atoms with Crippen LogP contribution in [0.1, 0.15) is 38.3 Å². The lowest BCUT2D eigenvalue weighted by Gasteiger charge is -2.31. The third-order valence-electron chi connectivity index (χ3n) is 4.27. The van der Waals surface area contributed by atoms with Crippen LogP contribution in [0.5, 0.6) is 0 Å². The third kappa shape index (κ3) is 4.85. The Morgan fingerprint density at radius 1 is 0.962 bits per heavy atom. The zero-order valence-electron chi connectivity index (χ0n) is 15.4. The molecule has 26 heavy (non-hydrogen) atoms. The normalized spacial score (nSPS) is 13.7. The van der Waals surface area contributed by atoms with Gasteiger partial charge in [-0.3, -0.25) is 9.10 Å². The van der Waals surface area contributed by atoms with Crippen molar-refractivity contribution in [3.8, 4) is 0 Å². The first-order valence-corrected chi connectivity index (χ1v) is 10.6. The van der Waals surface area contributed by atoms with Gasteiger partial charge in [-0.2, -0.15) is 0 Å². The molecule has 0 saturated carbocycles. The van der Waals surface area contributed by atoms with E-state index in [9.17, 15) is 13.2 Å². The van der Waals surface area contributed by atoms with Crippen LogP contribution in [0, 0.1) is 0 Å². The van der Waals surface area contributed by atoms with Gasteiger partial charge in [-0.05, 0) is 30.5 Å². The maximum atomic E-state index is 13.0. The number of carbonyl (C=O) groups excluding carboxylic acids is 1. The summed E-state index contributed by atoms with van der Waals surface area (Å²) in [5, 5.41) is 3.01. The van der Waals surface area contributed by atoms with E-state index in [2.05, 4.69) is 5.32 Å². The highest BCUT2D eigenvalue weighted by Crippen LogP contribution is 2.23. The molecule has 0 aliphatic heterocycles. The van der Waals surface area contributed by atoms with Crippen LogP contribution >= 0.6 is 0 Å². The first-order valence-electron chi connectivity index (χ1n) is 8.78. The lowest BCUT2D eigenvalue weighted by molar-refractivity contribution is -0.123. The van der Waals surface area contributed by atoms with Crippen LogP contribution in [-0.4, -0.2) is 26.6 Å². The Bertz CT molecular complexity index is 807. The van der Waals surface area contributed by atoms with E-state index in [1.807, 2.05) is 50.2 Å². The quantitative estimate of drug-likeness (QED) is 0.769. The lowest BCUT2D eigenvalue weighted by atomic mass is 10.0. The molecule has 0 heterocycles. The van der Waals surface area contributed by atoms with Gasteiger partial charge in [-0.15, -0.1) is 0 Å². The minimum atomic E-state index is -3.61. The number of anilines is 1. The molecule has 2 aromatic rings. The molecule has 2 rings (SSSR count). The van der Waals surface area contributed by atoms with Gasteiger partial charge in [-0.25, -0.2) is 8.42 Å². The van der Waals surface area contributed by atoms with Crippen molar-refractivity contribution in [1.29, 1.82) is 0 Å². The second kappa shape index (κ2) is 8.85. The number of para-hydroxylation sites is 1. The number of carbonyl (C=O) groups is 1. The molecule has 0 saturated heterocycles. The predicted molar refractivity (Wildman–Crippen MR) is 105 cm³/mol. The Balaban J connectivity index is 2.31. The van der Waals surface area contributed by atoms with Crippen LogP contribution in [-0.2, 0) is 14.8 Å². The lowest BCUT2D eigenvalue weighted by Crippen LogP contribution is -2.50. The van der Waals surface area contributed by atoms with Gasteiger partial charge in [0.1, 0.15) is 6.04 Å². The molecule has 6 heteroatoms. The molecular formula is C20H26N2O3S. The van der Waals surface area contributed by atoms with E-state index in [4.69, 9.17) is 0 Å². The van der Waals surface area contributed by atoms with Crippen LogP contribution in [0.25, 0.3) is 0 Å². The summed E-state index contributed by atoms with van der Waals surface area (Å²) >= 11 is 0. The second-order valence-corrected chi connectivity index (χ2v) is 8.06. The number of hydrogen-bond donors (Lipinski definition) is 1. The fourth-order valence-corrected chi connectivity index (χ4v) is 4.22. The molecule has 5 nitrogen and oxygen atoms in total. The number of rotatable bonds is 8. The molecule has 140 valence electrons. The summed E-state index contributed by atoms with van der Waals surface area (Å²) in [4.78, 5) is 13.0. The molecule has 0 aromatic heterocycles. The van der Waals surface area contributed by atoms with Crippen LogP contribution in [0.4, 0.5) is 5.69 Å². The van der Waals surface area contributed by atoms with E-state index in [-0.39, 0.29) is 11.9 Å². The zero-order chi connectivity index (χ0) is 19.2. The van der Waals surface area contributed by atoms with Gasteiger partial charge in [0.15, 0.2) is 0 Å². The van der Waals surface area contributed by atoms with Crippen molar-refractivity contribution in [1.82, 2.24) is 5.32 Å². The summed E-state index contributed by atoms with van der Waals surface area (Å²) in [5.74, 6) is -0.294.